The van der Waals surface area contributed by atoms with Gasteiger partial charge in [-0.1, -0.05) is 48.5 Å². The highest BCUT2D eigenvalue weighted by Crippen LogP contribution is 2.18. The monoisotopic (exact) mass is 382 g/mol. The highest BCUT2D eigenvalue weighted by molar-refractivity contribution is 5.80. The lowest BCUT2D eigenvalue weighted by Crippen LogP contribution is -2.38. The predicted octanol–water partition coefficient (Wildman–Crippen LogP) is 2.80. The molecule has 0 saturated carbocycles. The zero-order valence-corrected chi connectivity index (χ0v) is 16.9. The largest absolute Gasteiger partial charge is 0.496 e. The molecule has 2 rings (SSSR count). The summed E-state index contributed by atoms with van der Waals surface area (Å²) in [6.07, 6.45) is 0.351. The second-order valence-corrected chi connectivity index (χ2v) is 6.42. The van der Waals surface area contributed by atoms with Crippen molar-refractivity contribution in [2.45, 2.75) is 26.4 Å². The van der Waals surface area contributed by atoms with Crippen molar-refractivity contribution in [3.63, 3.8) is 0 Å². The maximum atomic E-state index is 12.1. The van der Waals surface area contributed by atoms with Gasteiger partial charge in [-0.3, -0.25) is 9.79 Å². The number of guanidine groups is 1. The lowest BCUT2D eigenvalue weighted by molar-refractivity contribution is -0.121. The maximum Gasteiger partial charge on any atom is 0.222 e. The van der Waals surface area contributed by atoms with E-state index in [0.29, 0.717) is 26.1 Å². The van der Waals surface area contributed by atoms with Crippen molar-refractivity contribution in [1.82, 2.24) is 15.5 Å². The number of para-hydroxylation sites is 1. The summed E-state index contributed by atoms with van der Waals surface area (Å²) < 4.78 is 5.42. The van der Waals surface area contributed by atoms with E-state index >= 15 is 0 Å². The van der Waals surface area contributed by atoms with Crippen molar-refractivity contribution in [1.29, 1.82) is 0 Å². The van der Waals surface area contributed by atoms with Crippen LogP contribution >= 0.6 is 0 Å². The number of methoxy groups -OCH3 is 1. The van der Waals surface area contributed by atoms with Crippen molar-refractivity contribution < 1.29 is 9.53 Å². The molecular formula is C22H30N4O2. The third-order valence-corrected chi connectivity index (χ3v) is 4.23. The molecule has 0 aromatic heterocycles. The summed E-state index contributed by atoms with van der Waals surface area (Å²) in [6.45, 7) is 4.42. The molecule has 0 fully saturated rings. The van der Waals surface area contributed by atoms with Gasteiger partial charge in [0, 0.05) is 38.7 Å². The van der Waals surface area contributed by atoms with Crippen molar-refractivity contribution >= 4 is 11.9 Å². The SMILES string of the molecule is CCNC(=NCCC(=O)NCc1ccccc1)N(C)Cc1ccccc1OC. The molecule has 0 atom stereocenters. The number of nitrogens with zero attached hydrogens (tertiary/aromatic N) is 2. The van der Waals surface area contributed by atoms with Gasteiger partial charge in [0.2, 0.25) is 5.91 Å². The van der Waals surface area contributed by atoms with Crippen LogP contribution in [0.2, 0.25) is 0 Å². The van der Waals surface area contributed by atoms with Crippen LogP contribution in [0.4, 0.5) is 0 Å². The number of nitrogens with one attached hydrogen (secondary N) is 2. The highest BCUT2D eigenvalue weighted by Gasteiger charge is 2.10. The van der Waals surface area contributed by atoms with Gasteiger partial charge in [-0.15, -0.1) is 0 Å². The molecule has 0 aliphatic heterocycles. The number of ether oxygens (including phenoxy) is 1. The fraction of sp³-hybridized carbons (Fsp3) is 0.364. The standard InChI is InChI=1S/C22H30N4O2/c1-4-23-22(26(2)17-19-12-8-9-13-20(19)28-3)24-15-14-21(27)25-16-18-10-6-5-7-11-18/h5-13H,4,14-17H2,1-3H3,(H,23,24)(H,25,27). The number of carbonyl (C=O) groups is 1. The van der Waals surface area contributed by atoms with E-state index in [4.69, 9.17) is 4.74 Å². The van der Waals surface area contributed by atoms with Crippen molar-refractivity contribution in [3.05, 3.63) is 65.7 Å². The van der Waals surface area contributed by atoms with E-state index in [-0.39, 0.29) is 5.91 Å². The summed E-state index contributed by atoms with van der Waals surface area (Å²) in [5.41, 5.74) is 2.17. The van der Waals surface area contributed by atoms with Crippen LogP contribution in [0, 0.1) is 0 Å². The number of amides is 1. The second kappa shape index (κ2) is 11.6. The Balaban J connectivity index is 1.87. The van der Waals surface area contributed by atoms with Gasteiger partial charge in [0.15, 0.2) is 5.96 Å². The molecule has 2 aromatic carbocycles. The normalized spacial score (nSPS) is 11.0. The summed E-state index contributed by atoms with van der Waals surface area (Å²) in [6, 6.07) is 17.8. The quantitative estimate of drug-likeness (QED) is 0.517. The molecule has 0 aliphatic rings. The molecule has 1 amide bonds. The molecule has 6 nitrogen and oxygen atoms in total. The molecule has 0 spiro atoms. The highest BCUT2D eigenvalue weighted by atomic mass is 16.5. The van der Waals surface area contributed by atoms with E-state index in [1.807, 2.05) is 73.5 Å². The first kappa shape index (κ1) is 21.3. The van der Waals surface area contributed by atoms with Crippen LogP contribution in [0.1, 0.15) is 24.5 Å². The van der Waals surface area contributed by atoms with Gasteiger partial charge in [-0.25, -0.2) is 0 Å². The third kappa shape index (κ3) is 6.95. The van der Waals surface area contributed by atoms with Crippen LogP contribution in [-0.4, -0.2) is 44.0 Å². The molecule has 6 heteroatoms. The van der Waals surface area contributed by atoms with Gasteiger partial charge in [0.1, 0.15) is 5.75 Å². The van der Waals surface area contributed by atoms with Crippen molar-refractivity contribution in [2.24, 2.45) is 4.99 Å². The van der Waals surface area contributed by atoms with Gasteiger partial charge < -0.3 is 20.3 Å². The number of hydrogen-bond donors (Lipinski definition) is 2. The van der Waals surface area contributed by atoms with Crippen molar-refractivity contribution in [3.8, 4) is 5.75 Å². The summed E-state index contributed by atoms with van der Waals surface area (Å²) in [5, 5.41) is 6.21. The van der Waals surface area contributed by atoms with Crippen LogP contribution < -0.4 is 15.4 Å². The van der Waals surface area contributed by atoms with Crippen LogP contribution in [0.5, 0.6) is 5.75 Å². The predicted molar refractivity (Wildman–Crippen MR) is 113 cm³/mol. The first-order chi connectivity index (χ1) is 13.6. The summed E-state index contributed by atoms with van der Waals surface area (Å²) >= 11 is 0. The minimum absolute atomic E-state index is 0.00386. The van der Waals surface area contributed by atoms with Crippen LogP contribution in [0.3, 0.4) is 0 Å². The molecule has 150 valence electrons. The maximum absolute atomic E-state index is 12.1. The van der Waals surface area contributed by atoms with Gasteiger partial charge in [0.25, 0.3) is 0 Å². The zero-order valence-electron chi connectivity index (χ0n) is 16.9. The number of hydrogen-bond acceptors (Lipinski definition) is 3. The topological polar surface area (TPSA) is 66.0 Å². The minimum atomic E-state index is -0.00386. The fourth-order valence-corrected chi connectivity index (χ4v) is 2.78. The Labute approximate surface area is 167 Å². The third-order valence-electron chi connectivity index (χ3n) is 4.23. The fourth-order valence-electron chi connectivity index (χ4n) is 2.78. The Bertz CT molecular complexity index is 762. The Kier molecular flexibility index (Phi) is 8.85. The van der Waals surface area contributed by atoms with E-state index in [0.717, 1.165) is 29.4 Å². The molecule has 0 bridgehead atoms. The Morgan fingerprint density at radius 2 is 1.79 bits per heavy atom. The first-order valence-corrected chi connectivity index (χ1v) is 9.56. The average Bonchev–Trinajstić information content (AvgIpc) is 2.72. The lowest BCUT2D eigenvalue weighted by atomic mass is 10.2. The van der Waals surface area contributed by atoms with E-state index in [2.05, 4.69) is 15.6 Å². The molecule has 2 N–H and O–H groups in total. The molecule has 0 saturated heterocycles. The summed E-state index contributed by atoms with van der Waals surface area (Å²) in [7, 11) is 3.65. The Hall–Kier alpha value is -3.02. The Morgan fingerprint density at radius 3 is 2.50 bits per heavy atom. The molecule has 28 heavy (non-hydrogen) atoms. The van der Waals surface area contributed by atoms with Gasteiger partial charge in [0.05, 0.1) is 13.7 Å². The van der Waals surface area contributed by atoms with Gasteiger partial charge >= 0.3 is 0 Å². The molecule has 2 aromatic rings. The van der Waals surface area contributed by atoms with Crippen molar-refractivity contribution in [2.75, 3.05) is 27.2 Å². The summed E-state index contributed by atoms with van der Waals surface area (Å²) in [5.74, 6) is 1.62. The lowest BCUT2D eigenvalue weighted by Gasteiger charge is -2.23. The first-order valence-electron chi connectivity index (χ1n) is 9.56. The van der Waals surface area contributed by atoms with E-state index in [9.17, 15) is 4.79 Å². The number of benzene rings is 2. The van der Waals surface area contributed by atoms with Crippen LogP contribution in [0.15, 0.2) is 59.6 Å². The molecular weight excluding hydrogens is 352 g/mol. The number of aliphatic imine (C=N–C) groups is 1. The molecule has 0 unspecified atom stereocenters. The molecule has 0 heterocycles. The average molecular weight is 383 g/mol. The van der Waals surface area contributed by atoms with Crippen LogP contribution in [-0.2, 0) is 17.9 Å². The zero-order chi connectivity index (χ0) is 20.2. The van der Waals surface area contributed by atoms with E-state index in [1.165, 1.54) is 0 Å². The Morgan fingerprint density at radius 1 is 1.07 bits per heavy atom. The van der Waals surface area contributed by atoms with E-state index < -0.39 is 0 Å². The molecule has 0 aliphatic carbocycles. The number of rotatable bonds is 9. The van der Waals surface area contributed by atoms with Gasteiger partial charge in [-0.05, 0) is 18.6 Å². The second-order valence-electron chi connectivity index (χ2n) is 6.42. The minimum Gasteiger partial charge on any atom is -0.496 e. The van der Waals surface area contributed by atoms with E-state index in [1.54, 1.807) is 7.11 Å². The number of carbonyl (C=O) groups excluding carboxylic acids is 1. The molecule has 0 radical (unpaired) electrons. The smallest absolute Gasteiger partial charge is 0.222 e. The van der Waals surface area contributed by atoms with Crippen LogP contribution in [0.25, 0.3) is 0 Å². The van der Waals surface area contributed by atoms with Gasteiger partial charge in [-0.2, -0.15) is 0 Å². The summed E-state index contributed by atoms with van der Waals surface area (Å²) in [4.78, 5) is 18.7.